The van der Waals surface area contributed by atoms with Crippen LogP contribution in [-0.2, 0) is 25.7 Å². The van der Waals surface area contributed by atoms with Gasteiger partial charge in [0.1, 0.15) is 33.4 Å². The fourth-order valence-corrected chi connectivity index (χ4v) is 5.19. The highest BCUT2D eigenvalue weighted by Gasteiger charge is 2.15. The lowest BCUT2D eigenvalue weighted by atomic mass is 10.1. The Kier molecular flexibility index (Phi) is 9.63. The average Bonchev–Trinajstić information content (AvgIpc) is 3.61. The Labute approximate surface area is 243 Å². The van der Waals surface area contributed by atoms with E-state index < -0.39 is 0 Å². The van der Waals surface area contributed by atoms with Crippen LogP contribution in [0.2, 0.25) is 15.5 Å². The van der Waals surface area contributed by atoms with Crippen LogP contribution < -0.4 is 11.1 Å². The molecule has 2 aliphatic carbocycles. The lowest BCUT2D eigenvalue weighted by Crippen LogP contribution is -1.98. The van der Waals surface area contributed by atoms with Crippen molar-refractivity contribution in [1.29, 1.82) is 10.5 Å². The molecule has 9 heteroatoms. The third-order valence-electron chi connectivity index (χ3n) is 6.50. The van der Waals surface area contributed by atoms with Crippen molar-refractivity contribution in [2.45, 2.75) is 38.5 Å². The van der Waals surface area contributed by atoms with E-state index in [-0.39, 0.29) is 10.3 Å². The average molecular weight is 576 g/mol. The lowest BCUT2D eigenvalue weighted by Gasteiger charge is -2.11. The van der Waals surface area contributed by atoms with Crippen LogP contribution in [0.4, 0.5) is 17.2 Å². The van der Waals surface area contributed by atoms with Crippen molar-refractivity contribution in [2.75, 3.05) is 11.1 Å². The third kappa shape index (κ3) is 7.19. The minimum absolute atomic E-state index is 0.148. The van der Waals surface area contributed by atoms with Gasteiger partial charge >= 0.3 is 0 Å². The molecular formula is C30H25Cl3N6. The summed E-state index contributed by atoms with van der Waals surface area (Å²) in [4.78, 5) is 7.85. The molecule has 0 saturated carbocycles. The maximum Gasteiger partial charge on any atom is 0.149 e. The molecule has 2 aromatic heterocycles. The molecule has 3 N–H and O–H groups in total. The number of fused-ring (bicyclic) bond motifs is 2. The smallest absolute Gasteiger partial charge is 0.149 e. The number of nitrogens with one attached hydrogen (secondary N) is 1. The van der Waals surface area contributed by atoms with Gasteiger partial charge in [0.25, 0.3) is 0 Å². The fourth-order valence-electron chi connectivity index (χ4n) is 4.61. The van der Waals surface area contributed by atoms with Crippen molar-refractivity contribution in [3.05, 3.63) is 110 Å². The molecule has 6 nitrogen and oxygen atoms in total. The van der Waals surface area contributed by atoms with Crippen molar-refractivity contribution >= 4 is 52.0 Å². The Morgan fingerprint density at radius 1 is 0.692 bits per heavy atom. The number of hydrogen-bond acceptors (Lipinski definition) is 6. The monoisotopic (exact) mass is 574 g/mol. The standard InChI is InChI=1S/C15H12ClN3.C9H11N.C6H2Cl2N2/c16-15-11(9-17)7-8-14(19-15)18-13-6-2-4-10-3-1-5-12(10)13;10-9-6-2-4-7-3-1-5-8(7)9;7-5-2-1-4(3-9)6(8)10-5/h2,4,6-8H,1,3,5H2,(H,18,19);2,4,6H,1,3,5,10H2;1-2H. The lowest BCUT2D eigenvalue weighted by molar-refractivity contribution is 0.912. The van der Waals surface area contributed by atoms with E-state index in [1.807, 2.05) is 24.3 Å². The molecule has 2 aromatic carbocycles. The first-order chi connectivity index (χ1) is 18.9. The van der Waals surface area contributed by atoms with Gasteiger partial charge in [0.2, 0.25) is 0 Å². The molecule has 0 atom stereocenters. The quantitative estimate of drug-likeness (QED) is 0.186. The zero-order valence-corrected chi connectivity index (χ0v) is 23.3. The highest BCUT2D eigenvalue weighted by molar-refractivity contribution is 6.33. The Balaban J connectivity index is 0.000000149. The maximum atomic E-state index is 8.83. The Hall–Kier alpha value is -3.81. The van der Waals surface area contributed by atoms with Gasteiger partial charge in [0.15, 0.2) is 0 Å². The summed E-state index contributed by atoms with van der Waals surface area (Å²) in [5.74, 6) is 0.671. The van der Waals surface area contributed by atoms with Gasteiger partial charge in [-0.15, -0.1) is 0 Å². The predicted molar refractivity (Wildman–Crippen MR) is 158 cm³/mol. The summed E-state index contributed by atoms with van der Waals surface area (Å²) >= 11 is 16.9. The molecule has 0 bridgehead atoms. The first-order valence-electron chi connectivity index (χ1n) is 12.4. The number of aryl methyl sites for hydroxylation is 2. The van der Waals surface area contributed by atoms with Gasteiger partial charge in [0, 0.05) is 11.4 Å². The van der Waals surface area contributed by atoms with Crippen molar-refractivity contribution in [2.24, 2.45) is 0 Å². The van der Waals surface area contributed by atoms with Gasteiger partial charge in [-0.2, -0.15) is 10.5 Å². The summed E-state index contributed by atoms with van der Waals surface area (Å²) < 4.78 is 0. The molecule has 0 saturated heterocycles. The summed E-state index contributed by atoms with van der Waals surface area (Å²) in [5, 5.41) is 21.2. The highest BCUT2D eigenvalue weighted by atomic mass is 35.5. The molecule has 0 amide bonds. The molecule has 196 valence electrons. The van der Waals surface area contributed by atoms with Crippen LogP contribution >= 0.6 is 34.8 Å². The number of rotatable bonds is 2. The number of anilines is 3. The Morgan fingerprint density at radius 3 is 1.90 bits per heavy atom. The normalized spacial score (nSPS) is 12.4. The van der Waals surface area contributed by atoms with Crippen molar-refractivity contribution in [1.82, 2.24) is 9.97 Å². The van der Waals surface area contributed by atoms with Crippen LogP contribution in [0.1, 0.15) is 46.2 Å². The number of pyridine rings is 2. The largest absolute Gasteiger partial charge is 0.398 e. The fraction of sp³-hybridized carbons (Fsp3) is 0.200. The number of benzene rings is 2. The first kappa shape index (κ1) is 28.2. The van der Waals surface area contributed by atoms with Gasteiger partial charge in [0.05, 0.1) is 11.1 Å². The molecule has 4 aromatic rings. The van der Waals surface area contributed by atoms with Gasteiger partial charge < -0.3 is 11.1 Å². The predicted octanol–water partition coefficient (Wildman–Crippen LogP) is 7.86. The minimum atomic E-state index is 0.148. The van der Waals surface area contributed by atoms with E-state index in [1.54, 1.807) is 12.1 Å². The molecule has 0 fully saturated rings. The van der Waals surface area contributed by atoms with Crippen molar-refractivity contribution in [3.63, 3.8) is 0 Å². The Morgan fingerprint density at radius 2 is 1.28 bits per heavy atom. The van der Waals surface area contributed by atoms with Crippen LogP contribution in [0, 0.1) is 22.7 Å². The second-order valence-corrected chi connectivity index (χ2v) is 10.1. The maximum absolute atomic E-state index is 8.83. The van der Waals surface area contributed by atoms with E-state index in [2.05, 4.69) is 39.6 Å². The number of nitrogens with two attached hydrogens (primary N) is 1. The van der Waals surface area contributed by atoms with E-state index in [9.17, 15) is 0 Å². The summed E-state index contributed by atoms with van der Waals surface area (Å²) in [6.45, 7) is 0. The summed E-state index contributed by atoms with van der Waals surface area (Å²) in [6.07, 6.45) is 7.14. The van der Waals surface area contributed by atoms with Crippen molar-refractivity contribution in [3.8, 4) is 12.1 Å². The number of halogens is 3. The first-order valence-corrected chi connectivity index (χ1v) is 13.6. The van der Waals surface area contributed by atoms with Gasteiger partial charge in [-0.1, -0.05) is 59.1 Å². The molecule has 0 unspecified atom stereocenters. The van der Waals surface area contributed by atoms with Crippen LogP contribution in [0.3, 0.4) is 0 Å². The van der Waals surface area contributed by atoms with Crippen LogP contribution in [-0.4, -0.2) is 9.97 Å². The topological polar surface area (TPSA) is 111 Å². The summed E-state index contributed by atoms with van der Waals surface area (Å²) in [7, 11) is 0. The molecule has 6 rings (SSSR count). The number of hydrogen-bond donors (Lipinski definition) is 2. The zero-order chi connectivity index (χ0) is 27.8. The second-order valence-electron chi connectivity index (χ2n) is 8.99. The highest BCUT2D eigenvalue weighted by Crippen LogP contribution is 2.31. The molecule has 2 aliphatic rings. The van der Waals surface area contributed by atoms with Crippen LogP contribution in [0.5, 0.6) is 0 Å². The molecule has 39 heavy (non-hydrogen) atoms. The van der Waals surface area contributed by atoms with Gasteiger partial charge in [-0.05, 0) is 97.2 Å². The molecule has 2 heterocycles. The summed E-state index contributed by atoms with van der Waals surface area (Å²) in [5.41, 5.74) is 14.2. The van der Waals surface area contributed by atoms with E-state index in [1.165, 1.54) is 60.1 Å². The SMILES string of the molecule is N#Cc1ccc(Cl)nc1Cl.N#Cc1ccc(Nc2cccc3c2CCC3)nc1Cl.Nc1cccc2c1CCC2. The Bertz CT molecular complexity index is 1570. The minimum Gasteiger partial charge on any atom is -0.398 e. The third-order valence-corrected chi connectivity index (χ3v) is 7.28. The van der Waals surface area contributed by atoms with Crippen LogP contribution in [0.15, 0.2) is 60.7 Å². The number of nitriles is 2. The van der Waals surface area contributed by atoms with E-state index >= 15 is 0 Å². The van der Waals surface area contributed by atoms with Crippen molar-refractivity contribution < 1.29 is 0 Å². The van der Waals surface area contributed by atoms with E-state index in [0.29, 0.717) is 22.1 Å². The van der Waals surface area contributed by atoms with E-state index in [0.717, 1.165) is 24.2 Å². The molecule has 0 aliphatic heterocycles. The van der Waals surface area contributed by atoms with E-state index in [4.69, 9.17) is 51.1 Å². The number of nitrogen functional groups attached to an aromatic ring is 1. The van der Waals surface area contributed by atoms with Crippen LogP contribution in [0.25, 0.3) is 0 Å². The summed E-state index contributed by atoms with van der Waals surface area (Å²) in [6, 6.07) is 22.9. The van der Waals surface area contributed by atoms with Gasteiger partial charge in [-0.3, -0.25) is 0 Å². The molecule has 0 radical (unpaired) electrons. The van der Waals surface area contributed by atoms with Gasteiger partial charge in [-0.25, -0.2) is 9.97 Å². The molecular weight excluding hydrogens is 551 g/mol. The zero-order valence-electron chi connectivity index (χ0n) is 21.0. The number of aromatic nitrogens is 2. The second kappa shape index (κ2) is 13.3. The molecule has 0 spiro atoms. The number of nitrogens with zero attached hydrogens (tertiary/aromatic N) is 4.